The molecule has 0 aromatic carbocycles. The van der Waals surface area contributed by atoms with Crippen LogP contribution in [0.2, 0.25) is 0 Å². The molecule has 0 aliphatic heterocycles. The Kier molecular flexibility index (Phi) is 5.81. The molecule has 0 saturated carbocycles. The van der Waals surface area contributed by atoms with Crippen molar-refractivity contribution in [3.8, 4) is 0 Å². The van der Waals surface area contributed by atoms with Gasteiger partial charge in [0.2, 0.25) is 0 Å². The minimum Gasteiger partial charge on any atom is -0.444 e. The van der Waals surface area contributed by atoms with Gasteiger partial charge in [-0.05, 0) is 34.1 Å². The molecule has 0 spiro atoms. The summed E-state index contributed by atoms with van der Waals surface area (Å²) in [7, 11) is 0. The van der Waals surface area contributed by atoms with Crippen molar-refractivity contribution in [2.75, 3.05) is 0 Å². The minimum absolute atomic E-state index is 0.136. The van der Waals surface area contributed by atoms with Crippen LogP contribution >= 0.6 is 0 Å². The molecule has 1 aromatic heterocycles. The number of ether oxygens (including phenoxy) is 1. The molecule has 1 heterocycles. The monoisotopic (exact) mass is 293 g/mol. The summed E-state index contributed by atoms with van der Waals surface area (Å²) in [6, 6.07) is -0.284. The summed E-state index contributed by atoms with van der Waals surface area (Å²) in [4.78, 5) is 32.0. The van der Waals surface area contributed by atoms with E-state index in [9.17, 15) is 9.59 Å². The summed E-state index contributed by atoms with van der Waals surface area (Å²) >= 11 is 0. The van der Waals surface area contributed by atoms with Gasteiger partial charge in [0.25, 0.3) is 0 Å². The number of Topliss-reactive ketones (excluding diaryl/α,β-unsaturated/α-hetero) is 1. The van der Waals surface area contributed by atoms with E-state index in [0.29, 0.717) is 17.8 Å². The number of alkyl carbamates (subject to hydrolysis) is 1. The molecule has 0 fully saturated rings. The Labute approximate surface area is 125 Å². The minimum atomic E-state index is -0.562. The van der Waals surface area contributed by atoms with E-state index in [4.69, 9.17) is 4.74 Å². The Morgan fingerprint density at radius 2 is 1.90 bits per heavy atom. The van der Waals surface area contributed by atoms with Gasteiger partial charge < -0.3 is 10.1 Å². The highest BCUT2D eigenvalue weighted by Crippen LogP contribution is 2.10. The van der Waals surface area contributed by atoms with Crippen molar-refractivity contribution in [1.29, 1.82) is 0 Å². The van der Waals surface area contributed by atoms with Crippen molar-refractivity contribution < 1.29 is 14.3 Å². The molecular weight excluding hydrogens is 270 g/mol. The fourth-order valence-corrected chi connectivity index (χ4v) is 1.77. The van der Waals surface area contributed by atoms with Gasteiger partial charge in [-0.2, -0.15) is 0 Å². The fourth-order valence-electron chi connectivity index (χ4n) is 1.77. The molecule has 1 amide bonds. The number of amides is 1. The number of hydrogen-bond acceptors (Lipinski definition) is 5. The highest BCUT2D eigenvalue weighted by atomic mass is 16.6. The molecule has 0 radical (unpaired) electrons. The first kappa shape index (κ1) is 17.1. The summed E-state index contributed by atoms with van der Waals surface area (Å²) < 4.78 is 5.19. The maximum absolute atomic E-state index is 12.2. The Morgan fingerprint density at radius 3 is 2.43 bits per heavy atom. The molecule has 1 unspecified atom stereocenters. The molecule has 1 N–H and O–H groups in total. The summed E-state index contributed by atoms with van der Waals surface area (Å²) in [6.07, 6.45) is 3.32. The van der Waals surface area contributed by atoms with E-state index in [2.05, 4.69) is 15.3 Å². The van der Waals surface area contributed by atoms with Crippen LogP contribution in [0, 0.1) is 6.92 Å². The number of aromatic nitrogens is 2. The molecule has 0 bridgehead atoms. The van der Waals surface area contributed by atoms with Crippen LogP contribution in [0.3, 0.4) is 0 Å². The first-order chi connectivity index (χ1) is 9.73. The van der Waals surface area contributed by atoms with E-state index in [1.807, 2.05) is 6.92 Å². The third-order valence-electron chi connectivity index (χ3n) is 2.79. The SMILES string of the molecule is CCC(CC(=O)c1nccnc1C)NC(=O)OC(C)(C)C. The standard InChI is InChI=1S/C15H23N3O3/c1-6-11(18-14(20)21-15(3,4)5)9-12(19)13-10(2)16-7-8-17-13/h7-8,11H,6,9H2,1-5H3,(H,18,20). The zero-order valence-corrected chi connectivity index (χ0v) is 13.3. The first-order valence-corrected chi connectivity index (χ1v) is 7.03. The lowest BCUT2D eigenvalue weighted by molar-refractivity contribution is 0.0500. The topological polar surface area (TPSA) is 81.2 Å². The highest BCUT2D eigenvalue weighted by molar-refractivity contribution is 5.95. The zero-order valence-electron chi connectivity index (χ0n) is 13.3. The molecule has 0 saturated heterocycles. The zero-order chi connectivity index (χ0) is 16.0. The van der Waals surface area contributed by atoms with Gasteiger partial charge in [0.05, 0.1) is 5.69 Å². The predicted molar refractivity (Wildman–Crippen MR) is 79.2 cm³/mol. The van der Waals surface area contributed by atoms with Crippen molar-refractivity contribution in [3.63, 3.8) is 0 Å². The van der Waals surface area contributed by atoms with Crippen LogP contribution in [0.15, 0.2) is 12.4 Å². The van der Waals surface area contributed by atoms with Gasteiger partial charge in [0.15, 0.2) is 5.78 Å². The molecule has 6 heteroatoms. The average Bonchev–Trinajstić information content (AvgIpc) is 2.36. The van der Waals surface area contributed by atoms with Gasteiger partial charge in [0.1, 0.15) is 11.3 Å². The van der Waals surface area contributed by atoms with Crippen molar-refractivity contribution in [2.45, 2.75) is 59.1 Å². The van der Waals surface area contributed by atoms with Gasteiger partial charge in [-0.1, -0.05) is 6.92 Å². The predicted octanol–water partition coefficient (Wildman–Crippen LogP) is 2.66. The summed E-state index contributed by atoms with van der Waals surface area (Å²) in [6.45, 7) is 9.02. The van der Waals surface area contributed by atoms with Crippen LogP contribution in [0.5, 0.6) is 0 Å². The number of ketones is 1. The van der Waals surface area contributed by atoms with E-state index < -0.39 is 11.7 Å². The van der Waals surface area contributed by atoms with Crippen molar-refractivity contribution in [3.05, 3.63) is 23.8 Å². The molecule has 1 atom stereocenters. The van der Waals surface area contributed by atoms with Crippen LogP contribution in [-0.4, -0.2) is 33.5 Å². The number of hydrogen-bond donors (Lipinski definition) is 1. The lowest BCUT2D eigenvalue weighted by Crippen LogP contribution is -2.40. The first-order valence-electron chi connectivity index (χ1n) is 7.03. The molecule has 0 aliphatic carbocycles. The molecular formula is C15H23N3O3. The quantitative estimate of drug-likeness (QED) is 0.844. The van der Waals surface area contributed by atoms with Crippen LogP contribution in [-0.2, 0) is 4.74 Å². The number of nitrogens with zero attached hydrogens (tertiary/aromatic N) is 2. The van der Waals surface area contributed by atoms with Crippen LogP contribution in [0.1, 0.15) is 56.7 Å². The Morgan fingerprint density at radius 1 is 1.29 bits per heavy atom. The van der Waals surface area contributed by atoms with E-state index in [1.165, 1.54) is 6.20 Å². The van der Waals surface area contributed by atoms with E-state index in [0.717, 1.165) is 0 Å². The number of aryl methyl sites for hydroxylation is 1. The maximum Gasteiger partial charge on any atom is 0.407 e. The lowest BCUT2D eigenvalue weighted by atomic mass is 10.0. The van der Waals surface area contributed by atoms with E-state index in [-0.39, 0.29) is 18.2 Å². The highest BCUT2D eigenvalue weighted by Gasteiger charge is 2.22. The number of carbonyl (C=O) groups excluding carboxylic acids is 2. The van der Waals surface area contributed by atoms with E-state index >= 15 is 0 Å². The van der Waals surface area contributed by atoms with Gasteiger partial charge in [0, 0.05) is 24.9 Å². The Hall–Kier alpha value is -1.98. The molecule has 1 rings (SSSR count). The largest absolute Gasteiger partial charge is 0.444 e. The van der Waals surface area contributed by atoms with Gasteiger partial charge >= 0.3 is 6.09 Å². The summed E-state index contributed by atoms with van der Waals surface area (Å²) in [5.41, 5.74) is 0.380. The third-order valence-corrected chi connectivity index (χ3v) is 2.79. The number of rotatable bonds is 5. The van der Waals surface area contributed by atoms with Crippen molar-refractivity contribution in [2.24, 2.45) is 0 Å². The second-order valence-electron chi connectivity index (χ2n) is 5.87. The van der Waals surface area contributed by atoms with Gasteiger partial charge in [-0.15, -0.1) is 0 Å². The fraction of sp³-hybridized carbons (Fsp3) is 0.600. The second-order valence-corrected chi connectivity index (χ2v) is 5.87. The molecule has 116 valence electrons. The van der Waals surface area contributed by atoms with Crippen molar-refractivity contribution >= 4 is 11.9 Å². The number of carbonyl (C=O) groups is 2. The Balaban J connectivity index is 2.64. The lowest BCUT2D eigenvalue weighted by Gasteiger charge is -2.22. The molecule has 21 heavy (non-hydrogen) atoms. The smallest absolute Gasteiger partial charge is 0.407 e. The second kappa shape index (κ2) is 7.15. The van der Waals surface area contributed by atoms with Crippen LogP contribution in [0.25, 0.3) is 0 Å². The van der Waals surface area contributed by atoms with Gasteiger partial charge in [-0.25, -0.2) is 9.78 Å². The average molecular weight is 293 g/mol. The van der Waals surface area contributed by atoms with E-state index in [1.54, 1.807) is 33.9 Å². The van der Waals surface area contributed by atoms with Crippen LogP contribution in [0.4, 0.5) is 4.79 Å². The van der Waals surface area contributed by atoms with Crippen molar-refractivity contribution in [1.82, 2.24) is 15.3 Å². The number of nitrogens with one attached hydrogen (secondary N) is 1. The maximum atomic E-state index is 12.2. The third kappa shape index (κ3) is 5.89. The molecule has 0 aliphatic rings. The van der Waals surface area contributed by atoms with Gasteiger partial charge in [-0.3, -0.25) is 9.78 Å². The molecule has 1 aromatic rings. The Bertz CT molecular complexity index is 509. The molecule has 6 nitrogen and oxygen atoms in total. The van der Waals surface area contributed by atoms with Crippen LogP contribution < -0.4 is 5.32 Å². The summed E-state index contributed by atoms with van der Waals surface area (Å²) in [5.74, 6) is -0.136. The summed E-state index contributed by atoms with van der Waals surface area (Å²) in [5, 5.41) is 2.71. The normalized spacial score (nSPS) is 12.6.